The smallest absolute Gasteiger partial charge is 0.293 e. The van der Waals surface area contributed by atoms with Gasteiger partial charge in [0.2, 0.25) is 5.76 Å². The van der Waals surface area contributed by atoms with E-state index in [4.69, 9.17) is 4.42 Å². The summed E-state index contributed by atoms with van der Waals surface area (Å²) >= 11 is 0. The fourth-order valence-corrected chi connectivity index (χ4v) is 3.16. The number of hydrogen-bond acceptors (Lipinski definition) is 3. The predicted octanol–water partition coefficient (Wildman–Crippen LogP) is 5.69. The van der Waals surface area contributed by atoms with Crippen LogP contribution in [0.2, 0.25) is 0 Å². The van der Waals surface area contributed by atoms with E-state index in [9.17, 15) is 14.0 Å². The number of nitrogens with one attached hydrogen (secondary N) is 2. The second-order valence-corrected chi connectivity index (χ2v) is 6.99. The molecule has 0 unspecified atom stereocenters. The first kappa shape index (κ1) is 19.4. The van der Waals surface area contributed by atoms with Crippen LogP contribution in [0.4, 0.5) is 15.8 Å². The van der Waals surface area contributed by atoms with Crippen molar-refractivity contribution < 1.29 is 18.4 Å². The number of aryl methyl sites for hydroxylation is 2. The largest absolute Gasteiger partial charge is 0.449 e. The highest BCUT2D eigenvalue weighted by atomic mass is 19.1. The number of hydrogen-bond donors (Lipinski definition) is 2. The number of benzene rings is 3. The molecule has 1 aromatic heterocycles. The third kappa shape index (κ3) is 3.67. The van der Waals surface area contributed by atoms with E-state index in [1.807, 2.05) is 26.0 Å². The molecule has 6 heteroatoms. The van der Waals surface area contributed by atoms with E-state index >= 15 is 0 Å². The molecule has 2 amide bonds. The summed E-state index contributed by atoms with van der Waals surface area (Å²) in [5, 5.41) is 5.99. The van der Waals surface area contributed by atoms with Gasteiger partial charge in [-0.15, -0.1) is 0 Å². The average Bonchev–Trinajstić information content (AvgIpc) is 3.09. The Morgan fingerprint density at radius 2 is 1.57 bits per heavy atom. The molecule has 0 saturated carbocycles. The third-order valence-corrected chi connectivity index (χ3v) is 4.92. The summed E-state index contributed by atoms with van der Waals surface area (Å²) in [4.78, 5) is 25.6. The van der Waals surface area contributed by atoms with E-state index in [0.717, 1.165) is 11.1 Å². The highest BCUT2D eigenvalue weighted by Gasteiger charge is 2.23. The Morgan fingerprint density at radius 1 is 0.833 bits per heavy atom. The number of anilines is 2. The van der Waals surface area contributed by atoms with Crippen molar-refractivity contribution in [3.8, 4) is 0 Å². The predicted molar refractivity (Wildman–Crippen MR) is 114 cm³/mol. The van der Waals surface area contributed by atoms with Gasteiger partial charge in [0, 0.05) is 11.1 Å². The van der Waals surface area contributed by atoms with Crippen LogP contribution in [0.15, 0.2) is 71.1 Å². The van der Waals surface area contributed by atoms with Crippen molar-refractivity contribution in [2.75, 3.05) is 10.6 Å². The monoisotopic (exact) mass is 402 g/mol. The number of rotatable bonds is 4. The molecule has 5 nitrogen and oxygen atoms in total. The number of amides is 2. The topological polar surface area (TPSA) is 71.3 Å². The SMILES string of the molecule is Cc1ccc(NC(=O)c2oc3ccccc3c2NC(=O)c2ccccc2F)cc1C. The van der Waals surface area contributed by atoms with Crippen molar-refractivity contribution >= 4 is 34.2 Å². The summed E-state index contributed by atoms with van der Waals surface area (Å²) in [5.74, 6) is -1.89. The van der Waals surface area contributed by atoms with Crippen molar-refractivity contribution in [2.24, 2.45) is 0 Å². The van der Waals surface area contributed by atoms with E-state index in [2.05, 4.69) is 10.6 Å². The maximum absolute atomic E-state index is 14.0. The summed E-state index contributed by atoms with van der Waals surface area (Å²) in [6.07, 6.45) is 0. The Morgan fingerprint density at radius 3 is 2.33 bits per heavy atom. The van der Waals surface area contributed by atoms with Crippen LogP contribution in [-0.4, -0.2) is 11.8 Å². The minimum Gasteiger partial charge on any atom is -0.449 e. The molecule has 0 aliphatic carbocycles. The number of fused-ring (bicyclic) bond motifs is 1. The second-order valence-electron chi connectivity index (χ2n) is 6.99. The van der Waals surface area contributed by atoms with Gasteiger partial charge >= 0.3 is 0 Å². The van der Waals surface area contributed by atoms with Gasteiger partial charge in [-0.25, -0.2) is 4.39 Å². The molecule has 150 valence electrons. The lowest BCUT2D eigenvalue weighted by Crippen LogP contribution is -2.18. The van der Waals surface area contributed by atoms with E-state index in [1.54, 1.807) is 36.4 Å². The molecular weight excluding hydrogens is 383 g/mol. The summed E-state index contributed by atoms with van der Waals surface area (Å²) < 4.78 is 19.8. The molecule has 2 N–H and O–H groups in total. The molecule has 0 radical (unpaired) electrons. The average molecular weight is 402 g/mol. The quantitative estimate of drug-likeness (QED) is 0.460. The van der Waals surface area contributed by atoms with Gasteiger partial charge in [-0.2, -0.15) is 0 Å². The fourth-order valence-electron chi connectivity index (χ4n) is 3.16. The molecular formula is C24H19FN2O3. The molecule has 4 rings (SSSR count). The van der Waals surface area contributed by atoms with Crippen molar-refractivity contribution in [1.29, 1.82) is 0 Å². The molecule has 0 atom stereocenters. The molecule has 0 saturated heterocycles. The number of carbonyl (C=O) groups excluding carboxylic acids is 2. The Balaban J connectivity index is 1.71. The van der Waals surface area contributed by atoms with Crippen LogP contribution in [-0.2, 0) is 0 Å². The van der Waals surface area contributed by atoms with Gasteiger partial charge in [0.1, 0.15) is 17.1 Å². The third-order valence-electron chi connectivity index (χ3n) is 4.92. The molecule has 0 bridgehead atoms. The highest BCUT2D eigenvalue weighted by Crippen LogP contribution is 2.32. The van der Waals surface area contributed by atoms with Crippen LogP contribution < -0.4 is 10.6 Å². The maximum atomic E-state index is 14.0. The Kier molecular flexibility index (Phi) is 5.06. The van der Waals surface area contributed by atoms with Gasteiger partial charge in [0.25, 0.3) is 11.8 Å². The Labute approximate surface area is 172 Å². The zero-order chi connectivity index (χ0) is 21.3. The minimum absolute atomic E-state index is 0.0564. The lowest BCUT2D eigenvalue weighted by molar-refractivity contribution is 0.0999. The van der Waals surface area contributed by atoms with Crippen molar-refractivity contribution in [3.63, 3.8) is 0 Å². The maximum Gasteiger partial charge on any atom is 0.293 e. The zero-order valence-corrected chi connectivity index (χ0v) is 16.5. The normalized spacial score (nSPS) is 10.8. The molecule has 4 aromatic rings. The lowest BCUT2D eigenvalue weighted by Gasteiger charge is -2.09. The number of furan rings is 1. The first-order valence-corrected chi connectivity index (χ1v) is 9.40. The van der Waals surface area contributed by atoms with Gasteiger partial charge in [0.05, 0.1) is 5.56 Å². The standard InChI is InChI=1S/C24H19FN2O3/c1-14-11-12-16(13-15(14)2)26-24(29)22-21(18-8-4-6-10-20(18)30-22)27-23(28)17-7-3-5-9-19(17)25/h3-13H,1-2H3,(H,26,29)(H,27,28). The molecule has 30 heavy (non-hydrogen) atoms. The van der Waals surface area contributed by atoms with Gasteiger partial charge in [-0.05, 0) is 61.4 Å². The van der Waals surface area contributed by atoms with Gasteiger partial charge in [-0.1, -0.05) is 30.3 Å². The minimum atomic E-state index is -0.667. The van der Waals surface area contributed by atoms with E-state index in [-0.39, 0.29) is 17.0 Å². The van der Waals surface area contributed by atoms with Crippen LogP contribution in [0, 0.1) is 19.7 Å². The van der Waals surface area contributed by atoms with Crippen LogP contribution in [0.1, 0.15) is 32.0 Å². The molecule has 3 aromatic carbocycles. The summed E-state index contributed by atoms with van der Waals surface area (Å²) in [6, 6.07) is 18.2. The van der Waals surface area contributed by atoms with Crippen molar-refractivity contribution in [2.45, 2.75) is 13.8 Å². The summed E-state index contributed by atoms with van der Waals surface area (Å²) in [6.45, 7) is 3.93. The summed E-state index contributed by atoms with van der Waals surface area (Å²) in [7, 11) is 0. The molecule has 0 spiro atoms. The number of carbonyl (C=O) groups is 2. The second kappa shape index (κ2) is 7.83. The number of para-hydroxylation sites is 1. The van der Waals surface area contributed by atoms with Crippen LogP contribution in [0.25, 0.3) is 11.0 Å². The van der Waals surface area contributed by atoms with E-state index < -0.39 is 17.6 Å². The van der Waals surface area contributed by atoms with Crippen LogP contribution in [0.3, 0.4) is 0 Å². The molecule has 1 heterocycles. The Bertz CT molecular complexity index is 1280. The summed E-state index contributed by atoms with van der Waals surface area (Å²) in [5.41, 5.74) is 3.25. The fraction of sp³-hybridized carbons (Fsp3) is 0.0833. The van der Waals surface area contributed by atoms with E-state index in [1.165, 1.54) is 18.2 Å². The lowest BCUT2D eigenvalue weighted by atomic mass is 10.1. The zero-order valence-electron chi connectivity index (χ0n) is 16.5. The van der Waals surface area contributed by atoms with Gasteiger partial charge in [0.15, 0.2) is 0 Å². The number of halogens is 1. The van der Waals surface area contributed by atoms with Gasteiger partial charge in [-0.3, -0.25) is 9.59 Å². The van der Waals surface area contributed by atoms with Crippen LogP contribution >= 0.6 is 0 Å². The van der Waals surface area contributed by atoms with Crippen molar-refractivity contribution in [1.82, 2.24) is 0 Å². The van der Waals surface area contributed by atoms with Crippen molar-refractivity contribution in [3.05, 3.63) is 95.0 Å². The first-order chi connectivity index (χ1) is 14.4. The van der Waals surface area contributed by atoms with Crippen LogP contribution in [0.5, 0.6) is 0 Å². The molecule has 0 aliphatic heterocycles. The van der Waals surface area contributed by atoms with E-state index in [0.29, 0.717) is 16.7 Å². The Hall–Kier alpha value is -3.93. The highest BCUT2D eigenvalue weighted by molar-refractivity contribution is 6.16. The molecule has 0 fully saturated rings. The first-order valence-electron chi connectivity index (χ1n) is 9.40. The molecule has 0 aliphatic rings. The van der Waals surface area contributed by atoms with Gasteiger partial charge < -0.3 is 15.1 Å².